The van der Waals surface area contributed by atoms with Gasteiger partial charge in [0.1, 0.15) is 6.29 Å². The highest BCUT2D eigenvalue weighted by Crippen LogP contribution is 2.39. The van der Waals surface area contributed by atoms with E-state index in [1.807, 2.05) is 30.3 Å². The van der Waals surface area contributed by atoms with Gasteiger partial charge in [0.25, 0.3) is 0 Å². The van der Waals surface area contributed by atoms with Gasteiger partial charge in [-0.25, -0.2) is 0 Å². The van der Waals surface area contributed by atoms with E-state index in [2.05, 4.69) is 25.1 Å². The molecule has 0 saturated carbocycles. The molecule has 0 aliphatic carbocycles. The molecule has 0 aromatic heterocycles. The lowest BCUT2D eigenvalue weighted by atomic mass is 10.0. The number of aldehydes is 1. The molecule has 0 fully saturated rings. The summed E-state index contributed by atoms with van der Waals surface area (Å²) >= 11 is 0. The molecule has 0 radical (unpaired) electrons. The van der Waals surface area contributed by atoms with Gasteiger partial charge >= 0.3 is 0 Å². The summed E-state index contributed by atoms with van der Waals surface area (Å²) in [6.45, 7) is 2.14. The number of hydrogen-bond donors (Lipinski definition) is 0. The van der Waals surface area contributed by atoms with Gasteiger partial charge in [0.15, 0.2) is 0 Å². The lowest BCUT2D eigenvalue weighted by Crippen LogP contribution is -1.95. The molecule has 0 saturated heterocycles. The predicted octanol–water partition coefficient (Wildman–Crippen LogP) is 4.79. The smallest absolute Gasteiger partial charge is 0.124 e. The highest BCUT2D eigenvalue weighted by Gasteiger charge is 2.07. The predicted molar refractivity (Wildman–Crippen MR) is 83.7 cm³/mol. The molecule has 0 aliphatic heterocycles. The first kappa shape index (κ1) is 14.2. The normalized spacial score (nSPS) is 10.4. The number of hydrogen-bond acceptors (Lipinski definition) is 3. The molecule has 0 N–H and O–H groups in total. The van der Waals surface area contributed by atoms with Crippen LogP contribution in [0.2, 0.25) is 0 Å². The molecule has 2 rings (SSSR count). The van der Waals surface area contributed by atoms with Gasteiger partial charge in [0.2, 0.25) is 0 Å². The quantitative estimate of drug-likeness (QED) is 0.562. The Morgan fingerprint density at radius 1 is 1.00 bits per heavy atom. The van der Waals surface area contributed by atoms with Crippen LogP contribution in [0.5, 0.6) is 0 Å². The summed E-state index contributed by atoms with van der Waals surface area (Å²) in [5.74, 6) is 0. The molecule has 0 amide bonds. The van der Waals surface area contributed by atoms with E-state index in [0.29, 0.717) is 6.42 Å². The van der Waals surface area contributed by atoms with E-state index in [1.165, 1.54) is 15.4 Å². The van der Waals surface area contributed by atoms with Crippen molar-refractivity contribution in [3.8, 4) is 0 Å². The molecular weight excluding hydrogens is 272 g/mol. The molecule has 0 spiro atoms. The second-order valence-corrected chi connectivity index (χ2v) is 6.34. The maximum absolute atomic E-state index is 10.7. The standard InChI is InChI=1S/C16H16OS2/c1-2-15-13(11-12-17)7-6-10-16(15)19-18-14-8-4-3-5-9-14/h3-10,12H,2,11H2,1H3. The minimum atomic E-state index is 0.508. The molecule has 0 heterocycles. The first-order valence-corrected chi connectivity index (χ1v) is 8.44. The van der Waals surface area contributed by atoms with Crippen LogP contribution >= 0.6 is 21.6 Å². The average molecular weight is 288 g/mol. The third-order valence-electron chi connectivity index (χ3n) is 2.86. The van der Waals surface area contributed by atoms with E-state index in [0.717, 1.165) is 18.3 Å². The number of rotatable bonds is 6. The Morgan fingerprint density at radius 3 is 2.47 bits per heavy atom. The van der Waals surface area contributed by atoms with Crippen molar-refractivity contribution in [3.63, 3.8) is 0 Å². The monoisotopic (exact) mass is 288 g/mol. The van der Waals surface area contributed by atoms with Crippen molar-refractivity contribution in [1.82, 2.24) is 0 Å². The first-order valence-electron chi connectivity index (χ1n) is 6.29. The third kappa shape index (κ3) is 3.88. The van der Waals surface area contributed by atoms with Gasteiger partial charge in [0.05, 0.1) is 0 Å². The Bertz CT molecular complexity index is 538. The van der Waals surface area contributed by atoms with Crippen LogP contribution in [-0.2, 0) is 17.6 Å². The molecule has 19 heavy (non-hydrogen) atoms. The molecule has 2 aromatic rings. The van der Waals surface area contributed by atoms with Crippen molar-refractivity contribution < 1.29 is 4.79 Å². The summed E-state index contributed by atoms with van der Waals surface area (Å²) in [5, 5.41) is 0. The molecule has 3 heteroatoms. The SMILES string of the molecule is CCc1c(CC=O)cccc1SSc1ccccc1. The Kier molecular flexibility index (Phi) is 5.55. The van der Waals surface area contributed by atoms with Gasteiger partial charge in [-0.2, -0.15) is 0 Å². The van der Waals surface area contributed by atoms with Gasteiger partial charge in [0, 0.05) is 16.2 Å². The third-order valence-corrected chi connectivity index (χ3v) is 5.33. The topological polar surface area (TPSA) is 17.1 Å². The number of carbonyl (C=O) groups is 1. The zero-order chi connectivity index (χ0) is 13.5. The Morgan fingerprint density at radius 2 is 1.79 bits per heavy atom. The summed E-state index contributed by atoms with van der Waals surface area (Å²) in [4.78, 5) is 13.2. The largest absolute Gasteiger partial charge is 0.303 e. The van der Waals surface area contributed by atoms with Crippen molar-refractivity contribution in [2.45, 2.75) is 29.6 Å². The van der Waals surface area contributed by atoms with Gasteiger partial charge < -0.3 is 4.79 Å². The maximum Gasteiger partial charge on any atom is 0.124 e. The molecule has 0 bridgehead atoms. The van der Waals surface area contributed by atoms with Crippen LogP contribution in [0.15, 0.2) is 58.3 Å². The number of benzene rings is 2. The first-order chi connectivity index (χ1) is 9.35. The fraction of sp³-hybridized carbons (Fsp3) is 0.188. The lowest BCUT2D eigenvalue weighted by Gasteiger charge is -2.11. The molecule has 1 nitrogen and oxygen atoms in total. The zero-order valence-electron chi connectivity index (χ0n) is 10.8. The number of carbonyl (C=O) groups excluding carboxylic acids is 1. The summed E-state index contributed by atoms with van der Waals surface area (Å²) in [5.41, 5.74) is 2.44. The van der Waals surface area contributed by atoms with Crippen molar-refractivity contribution in [3.05, 3.63) is 59.7 Å². The van der Waals surface area contributed by atoms with Crippen molar-refractivity contribution in [1.29, 1.82) is 0 Å². The van der Waals surface area contributed by atoms with Crippen LogP contribution in [0.25, 0.3) is 0 Å². The highest BCUT2D eigenvalue weighted by molar-refractivity contribution is 8.76. The molecule has 0 atom stereocenters. The molecule has 98 valence electrons. The summed E-state index contributed by atoms with van der Waals surface area (Å²) < 4.78 is 0. The van der Waals surface area contributed by atoms with E-state index in [9.17, 15) is 4.79 Å². The zero-order valence-corrected chi connectivity index (χ0v) is 12.5. The van der Waals surface area contributed by atoms with E-state index < -0.39 is 0 Å². The minimum absolute atomic E-state index is 0.508. The van der Waals surface area contributed by atoms with Crippen molar-refractivity contribution >= 4 is 27.9 Å². The van der Waals surface area contributed by atoms with Gasteiger partial charge in [-0.3, -0.25) is 0 Å². The van der Waals surface area contributed by atoms with E-state index in [1.54, 1.807) is 21.6 Å². The van der Waals surface area contributed by atoms with Gasteiger partial charge in [-0.1, -0.05) is 58.8 Å². The molecule has 0 aliphatic rings. The average Bonchev–Trinajstić information content (AvgIpc) is 2.46. The van der Waals surface area contributed by atoms with Crippen LogP contribution in [0.3, 0.4) is 0 Å². The molecular formula is C16H16OS2. The Hall–Kier alpha value is -1.19. The Labute approximate surface area is 122 Å². The molecule has 2 aromatic carbocycles. The van der Waals surface area contributed by atoms with Crippen LogP contribution in [0.4, 0.5) is 0 Å². The second kappa shape index (κ2) is 7.41. The fourth-order valence-electron chi connectivity index (χ4n) is 1.94. The second-order valence-electron chi connectivity index (χ2n) is 4.10. The van der Waals surface area contributed by atoms with E-state index in [4.69, 9.17) is 0 Å². The van der Waals surface area contributed by atoms with Crippen LogP contribution in [0.1, 0.15) is 18.1 Å². The van der Waals surface area contributed by atoms with E-state index >= 15 is 0 Å². The van der Waals surface area contributed by atoms with Crippen molar-refractivity contribution in [2.24, 2.45) is 0 Å². The van der Waals surface area contributed by atoms with Gasteiger partial charge in [-0.15, -0.1) is 0 Å². The fourth-order valence-corrected chi connectivity index (χ4v) is 4.26. The summed E-state index contributed by atoms with van der Waals surface area (Å²) in [6, 6.07) is 16.6. The highest BCUT2D eigenvalue weighted by atomic mass is 33.1. The minimum Gasteiger partial charge on any atom is -0.303 e. The van der Waals surface area contributed by atoms with Crippen LogP contribution in [-0.4, -0.2) is 6.29 Å². The Balaban J connectivity index is 2.15. The molecule has 0 unspecified atom stereocenters. The van der Waals surface area contributed by atoms with Crippen LogP contribution in [0, 0.1) is 0 Å². The maximum atomic E-state index is 10.7. The lowest BCUT2D eigenvalue weighted by molar-refractivity contribution is -0.107. The summed E-state index contributed by atoms with van der Waals surface area (Å²) in [7, 11) is 3.52. The van der Waals surface area contributed by atoms with E-state index in [-0.39, 0.29) is 0 Å². The summed E-state index contributed by atoms with van der Waals surface area (Å²) in [6.07, 6.45) is 2.45. The van der Waals surface area contributed by atoms with Crippen LogP contribution < -0.4 is 0 Å². The van der Waals surface area contributed by atoms with Gasteiger partial charge in [-0.05, 0) is 35.7 Å². The van der Waals surface area contributed by atoms with Crippen molar-refractivity contribution in [2.75, 3.05) is 0 Å².